The fraction of sp³-hybridized carbons (Fsp3) is 0.435. The van der Waals surface area contributed by atoms with Gasteiger partial charge >= 0.3 is 5.97 Å². The second-order valence-electron chi connectivity index (χ2n) is 7.54. The molecule has 2 atom stereocenters. The van der Waals surface area contributed by atoms with Crippen molar-refractivity contribution >= 4 is 29.9 Å². The Hall–Kier alpha value is -1.40. The van der Waals surface area contributed by atoms with Crippen LogP contribution in [0.3, 0.4) is 0 Å². The van der Waals surface area contributed by atoms with Gasteiger partial charge in [-0.15, -0.1) is 24.0 Å². The molecule has 0 heterocycles. The zero-order valence-electron chi connectivity index (χ0n) is 16.2. The lowest BCUT2D eigenvalue weighted by atomic mass is 9.85. The maximum Gasteiger partial charge on any atom is 0.318 e. The number of carbonyl (C=O) groups excluding carboxylic acids is 1. The molecule has 1 aliphatic carbocycles. The fourth-order valence-corrected chi connectivity index (χ4v) is 3.98. The van der Waals surface area contributed by atoms with E-state index in [0.29, 0.717) is 5.92 Å². The summed E-state index contributed by atoms with van der Waals surface area (Å²) < 4.78 is 6.11. The van der Waals surface area contributed by atoms with Crippen LogP contribution in [0.5, 0.6) is 0 Å². The third-order valence-corrected chi connectivity index (χ3v) is 5.21. The van der Waals surface area contributed by atoms with Crippen molar-refractivity contribution in [3.8, 4) is 0 Å². The van der Waals surface area contributed by atoms with Crippen molar-refractivity contribution in [3.05, 3.63) is 71.8 Å². The molecular weight excluding hydrogens is 449 g/mol. The van der Waals surface area contributed by atoms with Crippen molar-refractivity contribution in [1.82, 2.24) is 4.90 Å². The van der Waals surface area contributed by atoms with Gasteiger partial charge in [-0.1, -0.05) is 67.1 Å². The topological polar surface area (TPSA) is 29.5 Å². The van der Waals surface area contributed by atoms with Gasteiger partial charge < -0.3 is 9.64 Å². The van der Waals surface area contributed by atoms with Crippen LogP contribution < -0.4 is 0 Å². The van der Waals surface area contributed by atoms with Gasteiger partial charge in [0.05, 0.1) is 0 Å². The summed E-state index contributed by atoms with van der Waals surface area (Å²) in [7, 11) is 4.18. The highest BCUT2D eigenvalue weighted by Crippen LogP contribution is 2.31. The van der Waals surface area contributed by atoms with Crippen molar-refractivity contribution in [2.75, 3.05) is 20.6 Å². The summed E-state index contributed by atoms with van der Waals surface area (Å²) in [5, 5.41) is 0. The van der Waals surface area contributed by atoms with Gasteiger partial charge in [-0.25, -0.2) is 0 Å². The molecule has 0 N–H and O–H groups in total. The van der Waals surface area contributed by atoms with Crippen molar-refractivity contribution in [1.29, 1.82) is 0 Å². The molecule has 0 aromatic heterocycles. The Balaban J connectivity index is 0.00000261. The first-order chi connectivity index (χ1) is 12.6. The van der Waals surface area contributed by atoms with Crippen LogP contribution in [0.1, 0.15) is 42.7 Å². The number of hydrogen-bond donors (Lipinski definition) is 0. The highest BCUT2D eigenvalue weighted by molar-refractivity contribution is 14.0. The number of carbonyl (C=O) groups is 1. The number of ether oxygens (including phenoxy) is 1. The van der Waals surface area contributed by atoms with Crippen LogP contribution >= 0.6 is 24.0 Å². The van der Waals surface area contributed by atoms with Crippen LogP contribution in [0.25, 0.3) is 0 Å². The van der Waals surface area contributed by atoms with Crippen LogP contribution in [0, 0.1) is 5.92 Å². The van der Waals surface area contributed by atoms with E-state index in [1.165, 1.54) is 6.42 Å². The molecule has 0 bridgehead atoms. The molecule has 27 heavy (non-hydrogen) atoms. The zero-order chi connectivity index (χ0) is 18.4. The molecule has 0 aliphatic heterocycles. The standard InChI is InChI=1S/C23H29NO2.HI/c1-24(2)17-20-15-9-10-16-21(20)26-23(25)22(18-11-5-3-6-12-18)19-13-7-4-8-14-19;/h3-8,11-14,20-22H,9-10,15-17H2,1-2H3;1H. The summed E-state index contributed by atoms with van der Waals surface area (Å²) >= 11 is 0. The number of halogens is 1. The van der Waals surface area contributed by atoms with Crippen LogP contribution in [-0.2, 0) is 9.53 Å². The summed E-state index contributed by atoms with van der Waals surface area (Å²) in [6.07, 6.45) is 4.50. The predicted molar refractivity (Wildman–Crippen MR) is 121 cm³/mol. The Morgan fingerprint density at radius 3 is 2.00 bits per heavy atom. The van der Waals surface area contributed by atoms with E-state index in [4.69, 9.17) is 4.74 Å². The monoisotopic (exact) mass is 479 g/mol. The first-order valence-electron chi connectivity index (χ1n) is 9.60. The third-order valence-electron chi connectivity index (χ3n) is 5.21. The Morgan fingerprint density at radius 2 is 1.48 bits per heavy atom. The van der Waals surface area contributed by atoms with Crippen LogP contribution in [0.2, 0.25) is 0 Å². The molecule has 2 aromatic rings. The smallest absolute Gasteiger partial charge is 0.318 e. The van der Waals surface area contributed by atoms with Crippen molar-refractivity contribution in [2.24, 2.45) is 5.92 Å². The van der Waals surface area contributed by atoms with Gasteiger partial charge in [0.2, 0.25) is 0 Å². The van der Waals surface area contributed by atoms with Gasteiger partial charge in [0.25, 0.3) is 0 Å². The second-order valence-corrected chi connectivity index (χ2v) is 7.54. The largest absolute Gasteiger partial charge is 0.461 e. The van der Waals surface area contributed by atoms with Crippen LogP contribution in [-0.4, -0.2) is 37.6 Å². The van der Waals surface area contributed by atoms with E-state index in [1.807, 2.05) is 60.7 Å². The highest BCUT2D eigenvalue weighted by Gasteiger charge is 2.32. The Morgan fingerprint density at radius 1 is 0.963 bits per heavy atom. The molecule has 1 aliphatic rings. The van der Waals surface area contributed by atoms with E-state index >= 15 is 0 Å². The van der Waals surface area contributed by atoms with Gasteiger partial charge in [0.15, 0.2) is 0 Å². The van der Waals surface area contributed by atoms with Crippen molar-refractivity contribution in [3.63, 3.8) is 0 Å². The maximum atomic E-state index is 13.2. The van der Waals surface area contributed by atoms with E-state index < -0.39 is 0 Å². The second kappa shape index (κ2) is 10.8. The van der Waals surface area contributed by atoms with E-state index in [0.717, 1.165) is 36.9 Å². The number of rotatable bonds is 6. The van der Waals surface area contributed by atoms with Gasteiger partial charge in [-0.3, -0.25) is 4.79 Å². The Kier molecular flexibility index (Phi) is 8.77. The molecule has 3 nitrogen and oxygen atoms in total. The quantitative estimate of drug-likeness (QED) is 0.427. The number of benzene rings is 2. The lowest BCUT2D eigenvalue weighted by Gasteiger charge is -2.34. The van der Waals surface area contributed by atoms with Gasteiger partial charge in [-0.2, -0.15) is 0 Å². The first-order valence-corrected chi connectivity index (χ1v) is 9.60. The van der Waals surface area contributed by atoms with Gasteiger partial charge in [0.1, 0.15) is 12.0 Å². The minimum Gasteiger partial charge on any atom is -0.461 e. The van der Waals surface area contributed by atoms with Gasteiger partial charge in [0, 0.05) is 12.5 Å². The van der Waals surface area contributed by atoms with Crippen LogP contribution in [0.15, 0.2) is 60.7 Å². The van der Waals surface area contributed by atoms with E-state index in [2.05, 4.69) is 19.0 Å². The van der Waals surface area contributed by atoms with Crippen molar-refractivity contribution in [2.45, 2.75) is 37.7 Å². The summed E-state index contributed by atoms with van der Waals surface area (Å²) in [6, 6.07) is 19.9. The normalized spacial score (nSPS) is 19.6. The highest BCUT2D eigenvalue weighted by atomic mass is 127. The minimum absolute atomic E-state index is 0. The molecular formula is C23H30INO2. The summed E-state index contributed by atoms with van der Waals surface area (Å²) in [5.41, 5.74) is 1.98. The summed E-state index contributed by atoms with van der Waals surface area (Å²) in [4.78, 5) is 15.4. The van der Waals surface area contributed by atoms with E-state index in [-0.39, 0.29) is 42.0 Å². The minimum atomic E-state index is -0.362. The maximum absolute atomic E-state index is 13.2. The average molecular weight is 479 g/mol. The molecule has 4 heteroatoms. The number of esters is 1. The Bertz CT molecular complexity index is 651. The SMILES string of the molecule is CN(C)CC1CCCCC1OC(=O)C(c1ccccc1)c1ccccc1.I. The molecule has 0 radical (unpaired) electrons. The van der Waals surface area contributed by atoms with Gasteiger partial charge in [-0.05, 0) is 44.5 Å². The molecule has 0 saturated heterocycles. The Labute approximate surface area is 180 Å². The fourth-order valence-electron chi connectivity index (χ4n) is 3.98. The van der Waals surface area contributed by atoms with E-state index in [1.54, 1.807) is 0 Å². The predicted octanol–water partition coefficient (Wildman–Crippen LogP) is 5.10. The first kappa shape index (κ1) is 21.9. The molecule has 2 unspecified atom stereocenters. The molecule has 1 saturated carbocycles. The molecule has 0 spiro atoms. The van der Waals surface area contributed by atoms with E-state index in [9.17, 15) is 4.79 Å². The van der Waals surface area contributed by atoms with Crippen molar-refractivity contribution < 1.29 is 9.53 Å². The zero-order valence-corrected chi connectivity index (χ0v) is 18.5. The number of hydrogen-bond acceptors (Lipinski definition) is 3. The molecule has 3 rings (SSSR count). The van der Waals surface area contributed by atoms with Crippen LogP contribution in [0.4, 0.5) is 0 Å². The molecule has 0 amide bonds. The summed E-state index contributed by atoms with van der Waals surface area (Å²) in [6.45, 7) is 0.972. The lowest BCUT2D eigenvalue weighted by molar-refractivity contribution is -0.154. The molecule has 1 fully saturated rings. The lowest BCUT2D eigenvalue weighted by Crippen LogP contribution is -2.37. The average Bonchev–Trinajstić information content (AvgIpc) is 2.65. The molecule has 2 aromatic carbocycles. The number of nitrogens with zero attached hydrogens (tertiary/aromatic N) is 1. The molecule has 146 valence electrons. The summed E-state index contributed by atoms with van der Waals surface area (Å²) in [5.74, 6) is -0.0627. The third kappa shape index (κ3) is 6.04.